The van der Waals surface area contributed by atoms with E-state index in [4.69, 9.17) is 37.0 Å². The molecule has 6 atom stereocenters. The SMILES string of the molecule is CCC(C)CCCCCCCCCCCCCCCCCCCCC(=O)O[C@H](COC(=O)CCCCCCCCC(C)C)COP(=O)(O)OC[C@H](O)COP(=O)(O)OC[C@@H](COC(=O)CCCCCCCCCCCCCCC(C)C)OC(=O)CCCCCCCCCCCCCCCCCC(C)C. The van der Waals surface area contributed by atoms with Crippen LogP contribution < -0.4 is 0 Å². The van der Waals surface area contributed by atoms with Crippen LogP contribution in [0.5, 0.6) is 0 Å². The number of rotatable bonds is 82. The van der Waals surface area contributed by atoms with E-state index in [0.717, 1.165) is 114 Å². The van der Waals surface area contributed by atoms with Crippen LogP contribution in [-0.4, -0.2) is 96.7 Å². The molecule has 0 fully saturated rings. The van der Waals surface area contributed by atoms with Crippen LogP contribution in [0.15, 0.2) is 0 Å². The van der Waals surface area contributed by atoms with Crippen LogP contribution in [0.1, 0.15) is 441 Å². The molecule has 3 unspecified atom stereocenters. The van der Waals surface area contributed by atoms with Gasteiger partial charge in [-0.25, -0.2) is 9.13 Å². The number of aliphatic hydroxyl groups excluding tert-OH is 1. The highest BCUT2D eigenvalue weighted by atomic mass is 31.2. The summed E-state index contributed by atoms with van der Waals surface area (Å²) in [5.74, 6) is 1.02. The first kappa shape index (κ1) is 102. The highest BCUT2D eigenvalue weighted by molar-refractivity contribution is 7.47. The molecule has 0 bridgehead atoms. The smallest absolute Gasteiger partial charge is 0.462 e. The van der Waals surface area contributed by atoms with Crippen LogP contribution in [0.25, 0.3) is 0 Å². The molecule has 0 aromatic heterocycles. The minimum Gasteiger partial charge on any atom is -0.462 e. The van der Waals surface area contributed by atoms with E-state index in [2.05, 4.69) is 55.4 Å². The van der Waals surface area contributed by atoms with Crippen molar-refractivity contribution in [3.8, 4) is 0 Å². The number of esters is 4. The van der Waals surface area contributed by atoms with E-state index >= 15 is 0 Å². The molecule has 0 rings (SSSR count). The van der Waals surface area contributed by atoms with Gasteiger partial charge < -0.3 is 33.8 Å². The summed E-state index contributed by atoms with van der Waals surface area (Å²) in [6, 6.07) is 0. The third-order valence-corrected chi connectivity index (χ3v) is 22.1. The van der Waals surface area contributed by atoms with Gasteiger partial charge in [0.15, 0.2) is 12.2 Å². The fourth-order valence-electron chi connectivity index (χ4n) is 13.1. The third kappa shape index (κ3) is 76.8. The molecule has 0 aliphatic heterocycles. The average molecular weight is 1520 g/mol. The van der Waals surface area contributed by atoms with Crippen LogP contribution in [-0.2, 0) is 65.4 Å². The maximum absolute atomic E-state index is 13.1. The van der Waals surface area contributed by atoms with E-state index in [-0.39, 0.29) is 25.7 Å². The van der Waals surface area contributed by atoms with Gasteiger partial charge in [0, 0.05) is 25.7 Å². The predicted molar refractivity (Wildman–Crippen MR) is 428 cm³/mol. The van der Waals surface area contributed by atoms with Crippen molar-refractivity contribution in [2.24, 2.45) is 23.7 Å². The van der Waals surface area contributed by atoms with Gasteiger partial charge in [0.05, 0.1) is 26.4 Å². The van der Waals surface area contributed by atoms with Gasteiger partial charge in [-0.15, -0.1) is 0 Å². The second-order valence-corrected chi connectivity index (χ2v) is 35.2. The number of phosphoric acid groups is 2. The van der Waals surface area contributed by atoms with Gasteiger partial charge in [0.1, 0.15) is 19.3 Å². The van der Waals surface area contributed by atoms with Crippen molar-refractivity contribution in [2.75, 3.05) is 39.6 Å². The maximum atomic E-state index is 13.1. The summed E-state index contributed by atoms with van der Waals surface area (Å²) in [5, 5.41) is 10.7. The second kappa shape index (κ2) is 73.8. The van der Waals surface area contributed by atoms with E-state index in [0.29, 0.717) is 31.6 Å². The van der Waals surface area contributed by atoms with Gasteiger partial charge in [-0.05, 0) is 49.4 Å². The second-order valence-electron chi connectivity index (χ2n) is 32.2. The molecule has 0 aromatic carbocycles. The van der Waals surface area contributed by atoms with Gasteiger partial charge in [-0.1, -0.05) is 389 Å². The first-order valence-electron chi connectivity index (χ1n) is 43.7. The van der Waals surface area contributed by atoms with Crippen LogP contribution in [0.4, 0.5) is 0 Å². The average Bonchev–Trinajstić information content (AvgIpc) is 0.980. The topological polar surface area (TPSA) is 237 Å². The molecule has 0 saturated carbocycles. The Hall–Kier alpha value is -1.94. The highest BCUT2D eigenvalue weighted by Gasteiger charge is 2.30. The molecule has 0 heterocycles. The summed E-state index contributed by atoms with van der Waals surface area (Å²) in [4.78, 5) is 73.1. The van der Waals surface area contributed by atoms with Gasteiger partial charge in [-0.2, -0.15) is 0 Å². The molecule has 0 aromatic rings. The largest absolute Gasteiger partial charge is 0.472 e. The summed E-state index contributed by atoms with van der Waals surface area (Å²) < 4.78 is 68.8. The van der Waals surface area contributed by atoms with Crippen LogP contribution in [0, 0.1) is 23.7 Å². The fourth-order valence-corrected chi connectivity index (χ4v) is 14.7. The van der Waals surface area contributed by atoms with Gasteiger partial charge in [0.25, 0.3) is 0 Å². The number of carbonyl (C=O) groups excluding carboxylic acids is 4. The Morgan fingerprint density at radius 3 is 0.683 bits per heavy atom. The first-order chi connectivity index (χ1) is 50.1. The van der Waals surface area contributed by atoms with E-state index in [1.54, 1.807) is 0 Å². The zero-order valence-corrected chi connectivity index (χ0v) is 70.5. The quantitative estimate of drug-likeness (QED) is 0.0222. The Morgan fingerprint density at radius 1 is 0.269 bits per heavy atom. The summed E-state index contributed by atoms with van der Waals surface area (Å²) in [7, 11) is -9.93. The number of aliphatic hydroxyl groups is 1. The minimum atomic E-state index is -4.96. The maximum Gasteiger partial charge on any atom is 0.472 e. The molecule has 19 heteroatoms. The molecular formula is C85H166O17P2. The Bertz CT molecular complexity index is 2030. The van der Waals surface area contributed by atoms with Gasteiger partial charge in [-0.3, -0.25) is 37.3 Å². The molecule has 3 N–H and O–H groups in total. The van der Waals surface area contributed by atoms with Crippen molar-refractivity contribution in [3.05, 3.63) is 0 Å². The van der Waals surface area contributed by atoms with Crippen LogP contribution >= 0.6 is 15.6 Å². The Kier molecular flexibility index (Phi) is 72.5. The summed E-state index contributed by atoms with van der Waals surface area (Å²) in [6.07, 6.45) is 62.6. The molecule has 618 valence electrons. The third-order valence-electron chi connectivity index (χ3n) is 20.2. The monoisotopic (exact) mass is 1520 g/mol. The Balaban J connectivity index is 5.19. The standard InChI is InChI=1S/C85H166O17P2/c1-9-78(8)64-56-48-39-33-27-20-16-12-10-11-13-17-21-29-35-41-51-59-68-85(90)102-81(72-96-83(88)66-58-50-44-43-47-55-63-77(6)7)74-100-104(93,94)98-70-79(86)69-97-103(91,92)99-73-80(71-95-82(87)65-57-49-40-34-28-24-23-26-32-38-46-54-62-76(4)5)101-84(89)67-60-52-42-36-30-22-18-14-15-19-25-31-37-45-53-61-75(2)3/h75-81,86H,9-74H2,1-8H3,(H,91,92)(H,93,94)/t78?,79-,80-,81-/m1/s1. The molecular weight excluding hydrogens is 1350 g/mol. The van der Waals surface area contributed by atoms with Crippen LogP contribution in [0.2, 0.25) is 0 Å². The molecule has 0 saturated heterocycles. The number of hydrogen-bond acceptors (Lipinski definition) is 15. The number of carbonyl (C=O) groups is 4. The van der Waals surface area contributed by atoms with Crippen molar-refractivity contribution in [1.82, 2.24) is 0 Å². The normalized spacial score (nSPS) is 14.2. The lowest BCUT2D eigenvalue weighted by Crippen LogP contribution is -2.30. The summed E-state index contributed by atoms with van der Waals surface area (Å²) in [5.41, 5.74) is 0. The summed E-state index contributed by atoms with van der Waals surface area (Å²) in [6.45, 7) is 14.3. The lowest BCUT2D eigenvalue weighted by atomic mass is 9.99. The molecule has 104 heavy (non-hydrogen) atoms. The zero-order chi connectivity index (χ0) is 76.7. The molecule has 17 nitrogen and oxygen atoms in total. The molecule has 0 spiro atoms. The molecule has 0 radical (unpaired) electrons. The van der Waals surface area contributed by atoms with Crippen molar-refractivity contribution in [3.63, 3.8) is 0 Å². The molecule has 0 aliphatic carbocycles. The van der Waals surface area contributed by atoms with Gasteiger partial charge >= 0.3 is 39.5 Å². The number of phosphoric ester groups is 2. The van der Waals surface area contributed by atoms with Gasteiger partial charge in [0.2, 0.25) is 0 Å². The van der Waals surface area contributed by atoms with Crippen molar-refractivity contribution < 1.29 is 80.2 Å². The molecule has 0 aliphatic rings. The summed E-state index contributed by atoms with van der Waals surface area (Å²) >= 11 is 0. The van der Waals surface area contributed by atoms with Crippen molar-refractivity contribution in [1.29, 1.82) is 0 Å². The Morgan fingerprint density at radius 2 is 0.462 bits per heavy atom. The molecule has 0 amide bonds. The van der Waals surface area contributed by atoms with Crippen molar-refractivity contribution in [2.45, 2.75) is 459 Å². The van der Waals surface area contributed by atoms with E-state index in [1.165, 1.54) is 238 Å². The Labute approximate surface area is 638 Å². The predicted octanol–water partition coefficient (Wildman–Crippen LogP) is 25.6. The van der Waals surface area contributed by atoms with E-state index in [9.17, 15) is 43.2 Å². The van der Waals surface area contributed by atoms with E-state index < -0.39 is 97.5 Å². The first-order valence-corrected chi connectivity index (χ1v) is 46.7. The number of ether oxygens (including phenoxy) is 4. The lowest BCUT2D eigenvalue weighted by molar-refractivity contribution is -0.161. The van der Waals surface area contributed by atoms with Crippen molar-refractivity contribution >= 4 is 39.5 Å². The fraction of sp³-hybridized carbons (Fsp3) is 0.953. The highest BCUT2D eigenvalue weighted by Crippen LogP contribution is 2.45. The number of hydrogen-bond donors (Lipinski definition) is 3. The van der Waals surface area contributed by atoms with E-state index in [1.807, 2.05) is 0 Å². The minimum absolute atomic E-state index is 0.107. The van der Waals surface area contributed by atoms with Crippen LogP contribution in [0.3, 0.4) is 0 Å². The lowest BCUT2D eigenvalue weighted by Gasteiger charge is -2.21. The number of unbranched alkanes of at least 4 members (excludes halogenated alkanes) is 47. The zero-order valence-electron chi connectivity index (χ0n) is 68.7.